The number of pyridine rings is 1. The predicted molar refractivity (Wildman–Crippen MR) is 130 cm³/mol. The number of aromatic nitrogens is 4. The molecule has 3 rings (SSSR count). The third-order valence-electron chi connectivity index (χ3n) is 5.06. The van der Waals surface area contributed by atoms with Crippen LogP contribution in [0.25, 0.3) is 11.0 Å². The summed E-state index contributed by atoms with van der Waals surface area (Å²) in [4.78, 5) is 13.0. The maximum absolute atomic E-state index is 11.1. The van der Waals surface area contributed by atoms with Crippen LogP contribution in [0.5, 0.6) is 6.01 Å². The normalized spacial score (nSPS) is 12.9. The smallest absolute Gasteiger partial charge is 0.319 e. The maximum atomic E-state index is 11.1. The maximum Gasteiger partial charge on any atom is 0.319 e. The quantitative estimate of drug-likeness (QED) is 0.235. The van der Waals surface area contributed by atoms with Crippen LogP contribution in [0.15, 0.2) is 24.5 Å². The number of ether oxygens (including phenoxy) is 2. The monoisotopic (exact) mass is 477 g/mol. The second kappa shape index (κ2) is 10.6. The van der Waals surface area contributed by atoms with Gasteiger partial charge >= 0.3 is 6.01 Å². The second-order valence-electron chi connectivity index (χ2n) is 9.01. The Morgan fingerprint density at radius 1 is 1.22 bits per heavy atom. The largest absolute Gasteiger partial charge is 0.463 e. The van der Waals surface area contributed by atoms with Crippen LogP contribution < -0.4 is 10.5 Å². The van der Waals surface area contributed by atoms with Crippen molar-refractivity contribution in [1.82, 2.24) is 19.5 Å². The zero-order valence-corrected chi connectivity index (χ0v) is 20.9. The van der Waals surface area contributed by atoms with E-state index in [0.717, 1.165) is 18.9 Å². The number of aliphatic hydroxyl groups excluding tert-OH is 1. The van der Waals surface area contributed by atoms with Gasteiger partial charge in [0.15, 0.2) is 5.82 Å². The minimum Gasteiger partial charge on any atom is -0.463 e. The molecule has 8 nitrogen and oxygen atoms in total. The van der Waals surface area contributed by atoms with E-state index in [9.17, 15) is 5.11 Å². The Labute approximate surface area is 194 Å². The summed E-state index contributed by atoms with van der Waals surface area (Å²) in [5.74, 6) is 0.281. The number of nitrogens with zero attached hydrogens (tertiary/aromatic N) is 4. The lowest BCUT2D eigenvalue weighted by atomic mass is 10.1. The van der Waals surface area contributed by atoms with E-state index in [4.69, 9.17) is 26.8 Å². The number of fused-ring (bicyclic) bond motifs is 1. The molecule has 32 heavy (non-hydrogen) atoms. The first-order valence-corrected chi connectivity index (χ1v) is 14.9. The third-order valence-corrected chi connectivity index (χ3v) is 6.99. The van der Waals surface area contributed by atoms with E-state index in [-0.39, 0.29) is 18.6 Å². The SMILES string of the molecule is CCCCOc1nc(N)c2c(n1)c(C(O)c1ccc(Cl)nc1)cn2COCC[Si](C)(C)C. The van der Waals surface area contributed by atoms with E-state index in [0.29, 0.717) is 40.5 Å². The Kier molecular flexibility index (Phi) is 8.10. The Bertz CT molecular complexity index is 1040. The second-order valence-corrected chi connectivity index (χ2v) is 15.0. The molecule has 3 aromatic heterocycles. The molecule has 3 N–H and O–H groups in total. The minimum absolute atomic E-state index is 0.198. The zero-order valence-electron chi connectivity index (χ0n) is 19.1. The van der Waals surface area contributed by atoms with Crippen molar-refractivity contribution in [2.45, 2.75) is 58.3 Å². The van der Waals surface area contributed by atoms with Gasteiger partial charge in [0, 0.05) is 38.2 Å². The summed E-state index contributed by atoms with van der Waals surface area (Å²) in [5, 5.41) is 11.5. The molecule has 174 valence electrons. The fourth-order valence-corrected chi connectivity index (χ4v) is 4.04. The minimum atomic E-state index is -1.20. The molecule has 1 atom stereocenters. The average molecular weight is 478 g/mol. The van der Waals surface area contributed by atoms with Gasteiger partial charge in [-0.05, 0) is 18.5 Å². The van der Waals surface area contributed by atoms with Crippen LogP contribution >= 0.6 is 11.6 Å². The van der Waals surface area contributed by atoms with Crippen LogP contribution in [-0.4, -0.2) is 45.9 Å². The van der Waals surface area contributed by atoms with Crippen molar-refractivity contribution in [3.05, 3.63) is 40.8 Å². The van der Waals surface area contributed by atoms with Gasteiger partial charge in [0.1, 0.15) is 29.0 Å². The fraction of sp³-hybridized carbons (Fsp3) is 0.500. The summed E-state index contributed by atoms with van der Waals surface area (Å²) in [6.07, 6.45) is 4.27. The number of anilines is 1. The number of halogens is 1. The molecule has 0 amide bonds. The predicted octanol–water partition coefficient (Wildman–Crippen LogP) is 4.63. The van der Waals surface area contributed by atoms with Crippen molar-refractivity contribution in [3.8, 4) is 6.01 Å². The first-order chi connectivity index (χ1) is 15.2. The number of hydrogen-bond acceptors (Lipinski definition) is 7. The molecule has 3 heterocycles. The number of unbranched alkanes of at least 4 members (excludes halogenated alkanes) is 1. The molecular weight excluding hydrogens is 446 g/mol. The van der Waals surface area contributed by atoms with Crippen LogP contribution in [0.2, 0.25) is 30.8 Å². The average Bonchev–Trinajstić information content (AvgIpc) is 3.10. The molecule has 0 radical (unpaired) electrons. The van der Waals surface area contributed by atoms with Crippen molar-refractivity contribution in [2.75, 3.05) is 18.9 Å². The van der Waals surface area contributed by atoms with Gasteiger partial charge < -0.3 is 24.9 Å². The Balaban J connectivity index is 1.96. The molecule has 0 aliphatic carbocycles. The van der Waals surface area contributed by atoms with Gasteiger partial charge in [0.05, 0.1) is 6.61 Å². The van der Waals surface area contributed by atoms with E-state index in [1.165, 1.54) is 0 Å². The van der Waals surface area contributed by atoms with Crippen molar-refractivity contribution in [3.63, 3.8) is 0 Å². The van der Waals surface area contributed by atoms with Crippen LogP contribution in [0, 0.1) is 0 Å². The van der Waals surface area contributed by atoms with Gasteiger partial charge in [0.2, 0.25) is 0 Å². The standard InChI is InChI=1S/C22H32ClN5O3Si/c1-5-6-9-31-22-26-18-16(20(29)15-7-8-17(23)25-12-15)13-28(19(18)21(24)27-22)14-30-10-11-32(2,3)4/h7-8,12-13,20,29H,5-6,9-11,14H2,1-4H3,(H2,24,26,27). The number of rotatable bonds is 11. The first kappa shape index (κ1) is 24.4. The molecule has 0 aromatic carbocycles. The molecule has 0 fully saturated rings. The topological polar surface area (TPSA) is 108 Å². The lowest BCUT2D eigenvalue weighted by molar-refractivity contribution is 0.0899. The summed E-state index contributed by atoms with van der Waals surface area (Å²) in [6, 6.07) is 4.63. The van der Waals surface area contributed by atoms with E-state index in [1.807, 2.05) is 4.57 Å². The van der Waals surface area contributed by atoms with Gasteiger partial charge in [-0.25, -0.2) is 4.98 Å². The van der Waals surface area contributed by atoms with Crippen LogP contribution in [-0.2, 0) is 11.5 Å². The van der Waals surface area contributed by atoms with E-state index in [1.54, 1.807) is 24.5 Å². The van der Waals surface area contributed by atoms with Crippen molar-refractivity contribution >= 4 is 36.5 Å². The molecule has 0 saturated heterocycles. The lowest BCUT2D eigenvalue weighted by Crippen LogP contribution is -2.22. The fourth-order valence-electron chi connectivity index (χ4n) is 3.17. The molecule has 1 unspecified atom stereocenters. The molecule has 0 aliphatic rings. The van der Waals surface area contributed by atoms with Crippen LogP contribution in [0.1, 0.15) is 37.0 Å². The third kappa shape index (κ3) is 6.19. The molecular formula is C22H32ClN5O3Si. The summed E-state index contributed by atoms with van der Waals surface area (Å²) in [6.45, 7) is 10.5. The number of aliphatic hydroxyl groups is 1. The van der Waals surface area contributed by atoms with Crippen molar-refractivity contribution in [1.29, 1.82) is 0 Å². The Morgan fingerprint density at radius 2 is 2.00 bits per heavy atom. The van der Waals surface area contributed by atoms with Gasteiger partial charge in [0.25, 0.3) is 0 Å². The Hall–Kier alpha value is -2.20. The van der Waals surface area contributed by atoms with Crippen LogP contribution in [0.3, 0.4) is 0 Å². The summed E-state index contributed by atoms with van der Waals surface area (Å²) < 4.78 is 13.5. The Morgan fingerprint density at radius 3 is 2.66 bits per heavy atom. The molecule has 3 aromatic rings. The summed E-state index contributed by atoms with van der Waals surface area (Å²) >= 11 is 5.90. The van der Waals surface area contributed by atoms with Crippen molar-refractivity contribution < 1.29 is 14.6 Å². The van der Waals surface area contributed by atoms with E-state index < -0.39 is 14.2 Å². The first-order valence-electron chi connectivity index (χ1n) is 10.9. The highest BCUT2D eigenvalue weighted by Crippen LogP contribution is 2.33. The van der Waals surface area contributed by atoms with E-state index in [2.05, 4.69) is 41.5 Å². The zero-order chi connectivity index (χ0) is 23.3. The number of hydrogen-bond donors (Lipinski definition) is 2. The van der Waals surface area contributed by atoms with Gasteiger partial charge in [-0.3, -0.25) is 0 Å². The van der Waals surface area contributed by atoms with Gasteiger partial charge in [-0.15, -0.1) is 0 Å². The highest BCUT2D eigenvalue weighted by atomic mass is 35.5. The van der Waals surface area contributed by atoms with Crippen LogP contribution in [0.4, 0.5) is 5.82 Å². The van der Waals surface area contributed by atoms with E-state index >= 15 is 0 Å². The molecule has 0 aliphatic heterocycles. The van der Waals surface area contributed by atoms with Gasteiger partial charge in [-0.2, -0.15) is 9.97 Å². The highest BCUT2D eigenvalue weighted by Gasteiger charge is 2.23. The number of nitrogen functional groups attached to an aromatic ring is 1. The molecule has 0 bridgehead atoms. The number of nitrogens with two attached hydrogens (primary N) is 1. The lowest BCUT2D eigenvalue weighted by Gasteiger charge is -2.16. The summed E-state index contributed by atoms with van der Waals surface area (Å²) in [5.41, 5.74) is 8.60. The van der Waals surface area contributed by atoms with Gasteiger partial charge in [-0.1, -0.05) is 50.7 Å². The summed E-state index contributed by atoms with van der Waals surface area (Å²) in [7, 11) is -1.20. The van der Waals surface area contributed by atoms with Crippen molar-refractivity contribution in [2.24, 2.45) is 0 Å². The molecule has 0 saturated carbocycles. The molecule has 10 heteroatoms. The highest BCUT2D eigenvalue weighted by molar-refractivity contribution is 6.76. The molecule has 0 spiro atoms.